The summed E-state index contributed by atoms with van der Waals surface area (Å²) in [5, 5.41) is 7.96. The summed E-state index contributed by atoms with van der Waals surface area (Å²) >= 11 is 0. The first kappa shape index (κ1) is 24.0. The van der Waals surface area contributed by atoms with Crippen molar-refractivity contribution in [3.8, 4) is 0 Å². The van der Waals surface area contributed by atoms with Gasteiger partial charge in [0.25, 0.3) is 5.92 Å². The fraction of sp³-hybridized carbons (Fsp3) is 0.259. The number of fused-ring (bicyclic) bond motifs is 1. The van der Waals surface area contributed by atoms with E-state index in [-0.39, 0.29) is 24.7 Å². The van der Waals surface area contributed by atoms with Gasteiger partial charge in [0.15, 0.2) is 0 Å². The number of carbonyl (C=O) groups excluding carboxylic acids is 1. The molecule has 0 bridgehead atoms. The molecular formula is C27H24F4N4O. The molecule has 5 rings (SSSR count). The molecule has 0 radical (unpaired) electrons. The van der Waals surface area contributed by atoms with Crippen LogP contribution in [-0.2, 0) is 11.3 Å². The van der Waals surface area contributed by atoms with Crippen molar-refractivity contribution >= 4 is 22.5 Å². The van der Waals surface area contributed by atoms with E-state index < -0.39 is 30.4 Å². The van der Waals surface area contributed by atoms with Crippen LogP contribution in [-0.4, -0.2) is 34.2 Å². The number of nitrogens with one attached hydrogen (secondary N) is 1. The molecule has 1 N–H and O–H groups in total. The number of amides is 1. The lowest BCUT2D eigenvalue weighted by Crippen LogP contribution is -2.41. The number of hydrogen-bond acceptors (Lipinski definition) is 3. The van der Waals surface area contributed by atoms with Crippen LogP contribution in [0.3, 0.4) is 0 Å². The van der Waals surface area contributed by atoms with Crippen molar-refractivity contribution in [2.75, 3.05) is 11.4 Å². The Balaban J connectivity index is 1.49. The van der Waals surface area contributed by atoms with E-state index in [2.05, 4.69) is 10.4 Å². The molecule has 1 amide bonds. The highest BCUT2D eigenvalue weighted by atomic mass is 19.3. The predicted octanol–water partition coefficient (Wildman–Crippen LogP) is 5.45. The van der Waals surface area contributed by atoms with E-state index in [9.17, 15) is 22.4 Å². The summed E-state index contributed by atoms with van der Waals surface area (Å²) in [6, 6.07) is 16.3. The van der Waals surface area contributed by atoms with Crippen LogP contribution >= 0.6 is 0 Å². The van der Waals surface area contributed by atoms with Gasteiger partial charge in [-0.3, -0.25) is 9.48 Å². The van der Waals surface area contributed by atoms with Crippen molar-refractivity contribution in [2.45, 2.75) is 37.9 Å². The first-order valence-electron chi connectivity index (χ1n) is 11.6. The molecule has 2 unspecified atom stereocenters. The van der Waals surface area contributed by atoms with E-state index >= 15 is 0 Å². The lowest BCUT2D eigenvalue weighted by molar-refractivity contribution is -0.117. The van der Waals surface area contributed by atoms with E-state index in [0.717, 1.165) is 17.8 Å². The Morgan fingerprint density at radius 1 is 1.06 bits per heavy atom. The Morgan fingerprint density at radius 3 is 2.53 bits per heavy atom. The van der Waals surface area contributed by atoms with Crippen LogP contribution in [0.5, 0.6) is 0 Å². The third-order valence-corrected chi connectivity index (χ3v) is 6.39. The minimum absolute atomic E-state index is 0.0166. The summed E-state index contributed by atoms with van der Waals surface area (Å²) in [6.07, 6.45) is 1.66. The van der Waals surface area contributed by atoms with Crippen LogP contribution in [0.1, 0.15) is 30.5 Å². The minimum atomic E-state index is -2.95. The van der Waals surface area contributed by atoms with E-state index in [0.29, 0.717) is 16.8 Å². The molecular weight excluding hydrogens is 472 g/mol. The van der Waals surface area contributed by atoms with Crippen molar-refractivity contribution in [3.05, 3.63) is 95.7 Å². The summed E-state index contributed by atoms with van der Waals surface area (Å²) in [7, 11) is 0. The number of carbonyl (C=O) groups is 1. The molecule has 3 aromatic carbocycles. The Kier molecular flexibility index (Phi) is 6.26. The molecule has 1 fully saturated rings. The Labute approximate surface area is 205 Å². The molecule has 5 nitrogen and oxygen atoms in total. The molecule has 9 heteroatoms. The molecule has 0 spiro atoms. The normalized spacial score (nSPS) is 18.4. The first-order chi connectivity index (χ1) is 17.2. The number of anilines is 1. The van der Waals surface area contributed by atoms with Gasteiger partial charge in [0.2, 0.25) is 5.91 Å². The standard InChI is InChI=1S/C27H24F4N4O/c1-27(30,31)16-32-23-13-25(36)35(26(23)17-6-8-20(28)9-7-17)21-10-11-24-19(12-21)14-33-34(24)15-18-4-2-3-5-22(18)29/h2-12,14,23,26,32H,13,15-16H2,1H3. The maximum Gasteiger partial charge on any atom is 0.257 e. The minimum Gasteiger partial charge on any atom is -0.305 e. The van der Waals surface area contributed by atoms with Gasteiger partial charge >= 0.3 is 0 Å². The number of alkyl halides is 2. The van der Waals surface area contributed by atoms with Crippen molar-refractivity contribution in [1.82, 2.24) is 15.1 Å². The number of nitrogens with zero attached hydrogens (tertiary/aromatic N) is 3. The average molecular weight is 497 g/mol. The summed E-state index contributed by atoms with van der Waals surface area (Å²) in [4.78, 5) is 14.7. The van der Waals surface area contributed by atoms with Gasteiger partial charge in [0, 0.05) is 36.0 Å². The number of hydrogen-bond donors (Lipinski definition) is 1. The van der Waals surface area contributed by atoms with E-state index in [1.165, 1.54) is 18.2 Å². The van der Waals surface area contributed by atoms with Crippen LogP contribution in [0.4, 0.5) is 23.2 Å². The smallest absolute Gasteiger partial charge is 0.257 e. The molecule has 0 aliphatic carbocycles. The quantitative estimate of drug-likeness (QED) is 0.346. The van der Waals surface area contributed by atoms with Crippen molar-refractivity contribution < 1.29 is 22.4 Å². The summed E-state index contributed by atoms with van der Waals surface area (Å²) in [5.74, 6) is -3.93. The zero-order valence-corrected chi connectivity index (χ0v) is 19.5. The molecule has 4 aromatic rings. The maximum absolute atomic E-state index is 14.1. The largest absolute Gasteiger partial charge is 0.305 e. The van der Waals surface area contributed by atoms with Crippen molar-refractivity contribution in [1.29, 1.82) is 0 Å². The Morgan fingerprint density at radius 2 is 1.81 bits per heavy atom. The molecule has 1 aromatic heterocycles. The zero-order chi connectivity index (χ0) is 25.4. The van der Waals surface area contributed by atoms with Gasteiger partial charge in [-0.1, -0.05) is 30.3 Å². The molecule has 36 heavy (non-hydrogen) atoms. The number of benzene rings is 3. The Hall–Kier alpha value is -3.72. The van der Waals surface area contributed by atoms with Gasteiger partial charge in [0.05, 0.1) is 30.8 Å². The highest BCUT2D eigenvalue weighted by Crippen LogP contribution is 2.39. The summed E-state index contributed by atoms with van der Waals surface area (Å²) in [6.45, 7) is 0.472. The SMILES string of the molecule is CC(F)(F)CNC1CC(=O)N(c2ccc3c(cnn3Cc3ccccc3F)c2)C1c1ccc(F)cc1. The topological polar surface area (TPSA) is 50.2 Å². The van der Waals surface area contributed by atoms with Gasteiger partial charge in [-0.25, -0.2) is 17.6 Å². The molecule has 2 atom stereocenters. The third-order valence-electron chi connectivity index (χ3n) is 6.39. The van der Waals surface area contributed by atoms with Crippen LogP contribution in [0.25, 0.3) is 10.9 Å². The van der Waals surface area contributed by atoms with Crippen molar-refractivity contribution in [3.63, 3.8) is 0 Å². The van der Waals surface area contributed by atoms with Gasteiger partial charge in [-0.15, -0.1) is 0 Å². The zero-order valence-electron chi connectivity index (χ0n) is 19.5. The highest BCUT2D eigenvalue weighted by molar-refractivity contribution is 5.99. The van der Waals surface area contributed by atoms with E-state index in [1.54, 1.807) is 64.3 Å². The molecule has 0 saturated carbocycles. The van der Waals surface area contributed by atoms with E-state index in [1.807, 2.05) is 0 Å². The van der Waals surface area contributed by atoms with Gasteiger partial charge < -0.3 is 10.2 Å². The van der Waals surface area contributed by atoms with Gasteiger partial charge in [0.1, 0.15) is 11.6 Å². The predicted molar refractivity (Wildman–Crippen MR) is 129 cm³/mol. The third kappa shape index (κ3) is 4.83. The Bertz CT molecular complexity index is 1400. The second-order valence-corrected chi connectivity index (χ2v) is 9.16. The summed E-state index contributed by atoms with van der Waals surface area (Å²) < 4.78 is 56.6. The highest BCUT2D eigenvalue weighted by Gasteiger charge is 2.42. The average Bonchev–Trinajstić information content (AvgIpc) is 3.39. The monoisotopic (exact) mass is 496 g/mol. The second kappa shape index (κ2) is 9.39. The number of rotatable bonds is 7. The van der Waals surface area contributed by atoms with Gasteiger partial charge in [-0.05, 0) is 42.0 Å². The lowest BCUT2D eigenvalue weighted by atomic mass is 9.99. The summed E-state index contributed by atoms with van der Waals surface area (Å²) in [5.41, 5.74) is 2.46. The molecule has 1 saturated heterocycles. The number of halogens is 4. The maximum atomic E-state index is 14.1. The van der Waals surface area contributed by atoms with Gasteiger partial charge in [-0.2, -0.15) is 5.10 Å². The molecule has 1 aliphatic rings. The first-order valence-corrected chi connectivity index (χ1v) is 11.6. The lowest BCUT2D eigenvalue weighted by Gasteiger charge is -2.30. The number of aromatic nitrogens is 2. The van der Waals surface area contributed by atoms with Crippen LogP contribution in [0.2, 0.25) is 0 Å². The van der Waals surface area contributed by atoms with Crippen molar-refractivity contribution in [2.24, 2.45) is 0 Å². The van der Waals surface area contributed by atoms with E-state index in [4.69, 9.17) is 0 Å². The molecule has 1 aliphatic heterocycles. The van der Waals surface area contributed by atoms with Crippen LogP contribution < -0.4 is 10.2 Å². The molecule has 2 heterocycles. The fourth-order valence-electron chi connectivity index (χ4n) is 4.71. The van der Waals surface area contributed by atoms with Crippen LogP contribution in [0.15, 0.2) is 72.9 Å². The fourth-order valence-corrected chi connectivity index (χ4v) is 4.71. The van der Waals surface area contributed by atoms with Crippen LogP contribution in [0, 0.1) is 11.6 Å². The second-order valence-electron chi connectivity index (χ2n) is 9.16. The molecule has 186 valence electrons.